The molecule has 0 aliphatic carbocycles. The van der Waals surface area contributed by atoms with Crippen LogP contribution in [0.15, 0.2) is 10.9 Å². The quantitative estimate of drug-likeness (QED) is 0.556. The summed E-state index contributed by atoms with van der Waals surface area (Å²) in [5.41, 5.74) is 1.91. The summed E-state index contributed by atoms with van der Waals surface area (Å²) in [7, 11) is 0. The molecule has 1 aromatic heterocycles. The number of nitrogens with one attached hydrogen (secondary N) is 1. The summed E-state index contributed by atoms with van der Waals surface area (Å²) in [6.45, 7) is 15.9. The lowest BCUT2D eigenvalue weighted by molar-refractivity contribution is -0.122. The molecule has 3 aliphatic heterocycles. The number of hydrogen-bond donors (Lipinski definition) is 2. The standard InChI is InChI=1S/C28H45N5O5/c1-7-8-9-21-10-23-25(29-26(21)35)28(5,6)17-33(23)24(34)14-30-11-18(2)32(27(36)37)13-22(30)12-31-19(3)15-38-16-20(31)4/h10,18-20,22H,7-9,11-17H2,1-6H3,(H,29,35)(H,36,37)/t18-,19-,20-,22+/m1/s1. The van der Waals surface area contributed by atoms with Gasteiger partial charge in [0.15, 0.2) is 0 Å². The number of morpholine rings is 1. The van der Waals surface area contributed by atoms with Gasteiger partial charge in [0.2, 0.25) is 5.91 Å². The molecule has 0 saturated carbocycles. The summed E-state index contributed by atoms with van der Waals surface area (Å²) in [6, 6.07) is 2.03. The molecule has 10 nitrogen and oxygen atoms in total. The molecule has 0 aromatic carbocycles. The first-order chi connectivity index (χ1) is 17.9. The van der Waals surface area contributed by atoms with Gasteiger partial charge >= 0.3 is 6.09 Å². The molecule has 2 saturated heterocycles. The average molecular weight is 532 g/mol. The molecule has 10 heteroatoms. The van der Waals surface area contributed by atoms with E-state index in [2.05, 4.69) is 49.4 Å². The fourth-order valence-electron chi connectivity index (χ4n) is 6.26. The van der Waals surface area contributed by atoms with E-state index in [1.807, 2.05) is 17.9 Å². The molecule has 2 amide bonds. The van der Waals surface area contributed by atoms with Crippen LogP contribution in [0.25, 0.3) is 0 Å². The van der Waals surface area contributed by atoms with Gasteiger partial charge in [-0.2, -0.15) is 0 Å². The molecule has 4 rings (SSSR count). The number of unbranched alkanes of at least 4 members (excludes halogenated alkanes) is 1. The number of H-pyrrole nitrogens is 1. The monoisotopic (exact) mass is 531 g/mol. The molecule has 2 N–H and O–H groups in total. The number of piperazine rings is 1. The predicted octanol–water partition coefficient (Wildman–Crippen LogP) is 2.50. The van der Waals surface area contributed by atoms with Gasteiger partial charge < -0.3 is 24.6 Å². The molecule has 2 fully saturated rings. The maximum Gasteiger partial charge on any atom is 0.407 e. The Hall–Kier alpha value is -2.43. The van der Waals surface area contributed by atoms with E-state index in [0.717, 1.165) is 29.8 Å². The lowest BCUT2D eigenvalue weighted by Crippen LogP contribution is -2.64. The molecule has 4 heterocycles. The molecule has 0 radical (unpaired) electrons. The van der Waals surface area contributed by atoms with Crippen molar-refractivity contribution in [2.75, 3.05) is 50.8 Å². The van der Waals surface area contributed by atoms with Crippen molar-refractivity contribution in [3.63, 3.8) is 0 Å². The summed E-state index contributed by atoms with van der Waals surface area (Å²) >= 11 is 0. The number of nitrogens with zero attached hydrogens (tertiary/aromatic N) is 4. The zero-order valence-corrected chi connectivity index (χ0v) is 23.8. The maximum absolute atomic E-state index is 13.9. The number of rotatable bonds is 7. The number of hydrogen-bond acceptors (Lipinski definition) is 6. The van der Waals surface area contributed by atoms with Gasteiger partial charge in [-0.15, -0.1) is 0 Å². The van der Waals surface area contributed by atoms with Gasteiger partial charge in [-0.05, 0) is 39.7 Å². The van der Waals surface area contributed by atoms with E-state index in [-0.39, 0.29) is 47.6 Å². The second-order valence-corrected chi connectivity index (χ2v) is 12.2. The lowest BCUT2D eigenvalue weighted by Gasteiger charge is -2.48. The van der Waals surface area contributed by atoms with Crippen LogP contribution in [0.3, 0.4) is 0 Å². The van der Waals surface area contributed by atoms with Gasteiger partial charge in [0.05, 0.1) is 25.4 Å². The zero-order valence-electron chi connectivity index (χ0n) is 23.8. The fraction of sp³-hybridized carbons (Fsp3) is 0.750. The van der Waals surface area contributed by atoms with Crippen LogP contribution < -0.4 is 10.5 Å². The third kappa shape index (κ3) is 5.77. The highest BCUT2D eigenvalue weighted by molar-refractivity contribution is 5.97. The fourth-order valence-corrected chi connectivity index (χ4v) is 6.26. The Kier molecular flexibility index (Phi) is 8.54. The number of amides is 2. The minimum absolute atomic E-state index is 0.0191. The molecule has 38 heavy (non-hydrogen) atoms. The van der Waals surface area contributed by atoms with Crippen molar-refractivity contribution in [3.05, 3.63) is 27.7 Å². The SMILES string of the molecule is CCCCc1cc2c([nH]c1=O)C(C)(C)CN2C(=O)CN1C[C@@H](C)N(C(=O)O)C[C@@H]1CN1[C@H](C)COC[C@H]1C. The van der Waals surface area contributed by atoms with Crippen molar-refractivity contribution in [2.24, 2.45) is 0 Å². The Morgan fingerprint density at radius 1 is 1.13 bits per heavy atom. The van der Waals surface area contributed by atoms with Crippen LogP contribution in [0.5, 0.6) is 0 Å². The smallest absolute Gasteiger partial charge is 0.407 e. The predicted molar refractivity (Wildman–Crippen MR) is 147 cm³/mol. The highest BCUT2D eigenvalue weighted by Gasteiger charge is 2.42. The van der Waals surface area contributed by atoms with E-state index in [1.54, 1.807) is 0 Å². The van der Waals surface area contributed by atoms with Gasteiger partial charge in [-0.3, -0.25) is 19.4 Å². The van der Waals surface area contributed by atoms with Crippen molar-refractivity contribution in [2.45, 2.75) is 90.4 Å². The van der Waals surface area contributed by atoms with Gasteiger partial charge in [-0.25, -0.2) is 4.79 Å². The van der Waals surface area contributed by atoms with Crippen LogP contribution >= 0.6 is 0 Å². The third-order valence-electron chi connectivity index (χ3n) is 8.53. The van der Waals surface area contributed by atoms with Crippen molar-refractivity contribution < 1.29 is 19.4 Å². The van der Waals surface area contributed by atoms with Gasteiger partial charge in [0.25, 0.3) is 5.56 Å². The first kappa shape index (κ1) is 28.6. The summed E-state index contributed by atoms with van der Waals surface area (Å²) in [5, 5.41) is 9.82. The van der Waals surface area contributed by atoms with Gasteiger partial charge in [0, 0.05) is 67.0 Å². The first-order valence-corrected chi connectivity index (χ1v) is 14.1. The second-order valence-electron chi connectivity index (χ2n) is 12.2. The number of aromatic nitrogens is 1. The number of aryl methyl sites for hydroxylation is 1. The van der Waals surface area contributed by atoms with E-state index in [9.17, 15) is 19.5 Å². The molecule has 0 bridgehead atoms. The largest absolute Gasteiger partial charge is 0.465 e. The van der Waals surface area contributed by atoms with Gasteiger partial charge in [0.1, 0.15) is 0 Å². The van der Waals surface area contributed by atoms with Crippen molar-refractivity contribution in [3.8, 4) is 0 Å². The number of carboxylic acid groups (broad SMARTS) is 1. The number of fused-ring (bicyclic) bond motifs is 1. The number of carbonyl (C=O) groups is 2. The van der Waals surface area contributed by atoms with Crippen molar-refractivity contribution in [1.29, 1.82) is 0 Å². The summed E-state index contributed by atoms with van der Waals surface area (Å²) in [6.07, 6.45) is 1.68. The van der Waals surface area contributed by atoms with Crippen LogP contribution in [0.2, 0.25) is 0 Å². The zero-order chi connectivity index (χ0) is 27.8. The van der Waals surface area contributed by atoms with E-state index >= 15 is 0 Å². The highest BCUT2D eigenvalue weighted by atomic mass is 16.5. The van der Waals surface area contributed by atoms with E-state index in [4.69, 9.17) is 4.74 Å². The molecule has 212 valence electrons. The summed E-state index contributed by atoms with van der Waals surface area (Å²) < 4.78 is 5.70. The highest BCUT2D eigenvalue weighted by Crippen LogP contribution is 2.39. The van der Waals surface area contributed by atoms with E-state index in [0.29, 0.717) is 45.8 Å². The Morgan fingerprint density at radius 2 is 1.82 bits per heavy atom. The minimum Gasteiger partial charge on any atom is -0.465 e. The maximum atomic E-state index is 13.9. The van der Waals surface area contributed by atoms with Crippen LogP contribution in [0.4, 0.5) is 10.5 Å². The lowest BCUT2D eigenvalue weighted by atomic mass is 9.91. The molecule has 3 aliphatic rings. The summed E-state index contributed by atoms with van der Waals surface area (Å²) in [4.78, 5) is 49.6. The van der Waals surface area contributed by atoms with Crippen LogP contribution in [0.1, 0.15) is 65.6 Å². The van der Waals surface area contributed by atoms with Gasteiger partial charge in [-0.1, -0.05) is 27.2 Å². The average Bonchev–Trinajstić information content (AvgIpc) is 3.10. The van der Waals surface area contributed by atoms with E-state index < -0.39 is 6.09 Å². The third-order valence-corrected chi connectivity index (χ3v) is 8.53. The van der Waals surface area contributed by atoms with Crippen molar-refractivity contribution >= 4 is 17.7 Å². The normalized spacial score (nSPS) is 27.9. The Labute approximate surface area is 225 Å². The number of aromatic amines is 1. The molecule has 0 spiro atoms. The molecule has 1 aromatic rings. The topological polar surface area (TPSA) is 109 Å². The van der Waals surface area contributed by atoms with Crippen LogP contribution in [-0.2, 0) is 21.4 Å². The first-order valence-electron chi connectivity index (χ1n) is 14.1. The Balaban J connectivity index is 1.58. The Morgan fingerprint density at radius 3 is 2.45 bits per heavy atom. The minimum atomic E-state index is -0.921. The van der Waals surface area contributed by atoms with Crippen LogP contribution in [-0.4, -0.2) is 107 Å². The number of carbonyl (C=O) groups excluding carboxylic acids is 1. The van der Waals surface area contributed by atoms with Crippen LogP contribution in [0, 0.1) is 0 Å². The number of ether oxygens (including phenoxy) is 1. The summed E-state index contributed by atoms with van der Waals surface area (Å²) in [5.74, 6) is -0.0191. The molecule has 4 atom stereocenters. The molecular formula is C28H45N5O5. The second kappa shape index (κ2) is 11.4. The van der Waals surface area contributed by atoms with Crippen molar-refractivity contribution in [1.82, 2.24) is 19.7 Å². The van der Waals surface area contributed by atoms with E-state index in [1.165, 1.54) is 4.90 Å². The Bertz CT molecular complexity index is 1080. The number of pyridine rings is 1. The molecule has 0 unspecified atom stereocenters. The molecular weight excluding hydrogens is 486 g/mol. The number of anilines is 1.